The fourth-order valence-electron chi connectivity index (χ4n) is 3.95. The number of furan rings is 1. The van der Waals surface area contributed by atoms with Crippen LogP contribution in [-0.4, -0.2) is 35.9 Å². The molecule has 7 nitrogen and oxygen atoms in total. The summed E-state index contributed by atoms with van der Waals surface area (Å²) in [4.78, 5) is 27.6. The molecule has 7 heteroatoms. The van der Waals surface area contributed by atoms with E-state index in [2.05, 4.69) is 0 Å². The van der Waals surface area contributed by atoms with Gasteiger partial charge in [-0.2, -0.15) is 0 Å². The van der Waals surface area contributed by atoms with E-state index in [-0.39, 0.29) is 17.9 Å². The van der Waals surface area contributed by atoms with Crippen LogP contribution in [0.2, 0.25) is 0 Å². The van der Waals surface area contributed by atoms with E-state index >= 15 is 0 Å². The lowest BCUT2D eigenvalue weighted by atomic mass is 9.97. The first-order valence-corrected chi connectivity index (χ1v) is 10.0. The summed E-state index contributed by atoms with van der Waals surface area (Å²) in [5.74, 6) is -0.483. The Hall–Kier alpha value is -4.00. The molecule has 1 aliphatic heterocycles. The molecule has 2 heterocycles. The van der Waals surface area contributed by atoms with Crippen molar-refractivity contribution in [3.8, 4) is 11.5 Å². The number of hydrogen-bond donors (Lipinski definition) is 1. The van der Waals surface area contributed by atoms with Gasteiger partial charge in [-0.25, -0.2) is 0 Å². The lowest BCUT2D eigenvalue weighted by molar-refractivity contribution is -0.140. The number of aryl methyl sites for hydroxylation is 1. The van der Waals surface area contributed by atoms with E-state index in [1.54, 1.807) is 37.4 Å². The summed E-state index contributed by atoms with van der Waals surface area (Å²) in [5, 5.41) is 11.2. The van der Waals surface area contributed by atoms with E-state index in [1.807, 2.05) is 31.2 Å². The Balaban J connectivity index is 1.88. The van der Waals surface area contributed by atoms with Crippen LogP contribution in [0.1, 0.15) is 28.5 Å². The molecule has 0 bridgehead atoms. The minimum Gasteiger partial charge on any atom is -0.507 e. The van der Waals surface area contributed by atoms with Gasteiger partial charge in [0.2, 0.25) is 0 Å². The van der Waals surface area contributed by atoms with Gasteiger partial charge in [-0.3, -0.25) is 9.59 Å². The highest BCUT2D eigenvalue weighted by molar-refractivity contribution is 6.46. The molecule has 0 aliphatic carbocycles. The number of rotatable bonds is 6. The molecule has 2 aromatic carbocycles. The molecule has 1 aliphatic rings. The summed E-state index contributed by atoms with van der Waals surface area (Å²) in [6.07, 6.45) is 1.46. The number of benzene rings is 2. The molecule has 1 saturated heterocycles. The van der Waals surface area contributed by atoms with Crippen molar-refractivity contribution in [2.75, 3.05) is 14.2 Å². The molecule has 0 spiro atoms. The maximum Gasteiger partial charge on any atom is 0.296 e. The topological polar surface area (TPSA) is 89.2 Å². The van der Waals surface area contributed by atoms with Crippen molar-refractivity contribution in [2.24, 2.45) is 0 Å². The van der Waals surface area contributed by atoms with Gasteiger partial charge in [-0.05, 0) is 37.3 Å². The van der Waals surface area contributed by atoms with Crippen LogP contribution in [0.4, 0.5) is 0 Å². The minimum absolute atomic E-state index is 0.0521. The maximum atomic E-state index is 13.1. The van der Waals surface area contributed by atoms with Crippen molar-refractivity contribution in [1.82, 2.24) is 4.90 Å². The first-order chi connectivity index (χ1) is 15.5. The van der Waals surface area contributed by atoms with E-state index in [9.17, 15) is 14.7 Å². The van der Waals surface area contributed by atoms with E-state index in [4.69, 9.17) is 13.9 Å². The number of amides is 1. The Morgan fingerprint density at radius 3 is 2.47 bits per heavy atom. The number of aliphatic hydroxyl groups is 1. The van der Waals surface area contributed by atoms with Gasteiger partial charge in [0, 0.05) is 5.56 Å². The Morgan fingerprint density at radius 2 is 1.78 bits per heavy atom. The highest BCUT2D eigenvalue weighted by Crippen LogP contribution is 2.42. The number of ketones is 1. The van der Waals surface area contributed by atoms with Crippen molar-refractivity contribution in [3.63, 3.8) is 0 Å². The third kappa shape index (κ3) is 3.62. The molecule has 32 heavy (non-hydrogen) atoms. The van der Waals surface area contributed by atoms with Gasteiger partial charge in [0.1, 0.15) is 29.1 Å². The second kappa shape index (κ2) is 8.63. The molecule has 4 rings (SSSR count). The molecule has 0 radical (unpaired) electrons. The van der Waals surface area contributed by atoms with Crippen molar-refractivity contribution in [3.05, 3.63) is 88.9 Å². The first kappa shape index (κ1) is 21.2. The molecule has 3 aromatic rings. The molecular weight excluding hydrogens is 410 g/mol. The number of Topliss-reactive ketones (excluding diaryl/α,β-unsaturated/α-hetero) is 1. The van der Waals surface area contributed by atoms with Crippen LogP contribution in [-0.2, 0) is 16.1 Å². The van der Waals surface area contributed by atoms with Gasteiger partial charge in [0.05, 0.1) is 38.2 Å². The highest BCUT2D eigenvalue weighted by atomic mass is 16.5. The number of nitrogens with zero attached hydrogens (tertiary/aromatic N) is 1. The summed E-state index contributed by atoms with van der Waals surface area (Å²) in [7, 11) is 3.02. The molecule has 1 aromatic heterocycles. The molecule has 1 unspecified atom stereocenters. The van der Waals surface area contributed by atoms with E-state index in [1.165, 1.54) is 18.3 Å². The summed E-state index contributed by atoms with van der Waals surface area (Å²) in [5.41, 5.74) is 1.87. The molecule has 1 fully saturated rings. The summed E-state index contributed by atoms with van der Waals surface area (Å²) in [6, 6.07) is 14.9. The quantitative estimate of drug-likeness (QED) is 0.356. The van der Waals surface area contributed by atoms with Crippen LogP contribution in [0.5, 0.6) is 11.5 Å². The predicted molar refractivity (Wildman–Crippen MR) is 117 cm³/mol. The molecule has 1 amide bonds. The third-order valence-corrected chi connectivity index (χ3v) is 5.50. The van der Waals surface area contributed by atoms with E-state index in [0.29, 0.717) is 22.8 Å². The minimum atomic E-state index is -0.903. The van der Waals surface area contributed by atoms with Crippen LogP contribution in [0.25, 0.3) is 5.76 Å². The van der Waals surface area contributed by atoms with Gasteiger partial charge in [-0.15, -0.1) is 0 Å². The van der Waals surface area contributed by atoms with E-state index < -0.39 is 17.7 Å². The largest absolute Gasteiger partial charge is 0.507 e. The zero-order valence-electron chi connectivity index (χ0n) is 18.0. The second-order valence-electron chi connectivity index (χ2n) is 7.46. The van der Waals surface area contributed by atoms with Crippen LogP contribution in [0.15, 0.2) is 70.9 Å². The van der Waals surface area contributed by atoms with Gasteiger partial charge in [0.15, 0.2) is 0 Å². The summed E-state index contributed by atoms with van der Waals surface area (Å²) in [6.45, 7) is 1.96. The SMILES string of the molecule is COc1ccccc1CN1C(=O)C(=O)/C(=C(\O)c2cc(C)ccc2OC)C1c1ccco1. The normalized spacial score (nSPS) is 17.6. The monoisotopic (exact) mass is 433 g/mol. The Kier molecular flexibility index (Phi) is 5.73. The van der Waals surface area contributed by atoms with Crippen molar-refractivity contribution >= 4 is 17.4 Å². The summed E-state index contributed by atoms with van der Waals surface area (Å²) < 4.78 is 16.4. The first-order valence-electron chi connectivity index (χ1n) is 10.0. The molecular formula is C25H23NO6. The molecule has 0 saturated carbocycles. The second-order valence-corrected chi connectivity index (χ2v) is 7.46. The Labute approximate surface area is 185 Å². The average molecular weight is 433 g/mol. The van der Waals surface area contributed by atoms with Crippen LogP contribution >= 0.6 is 0 Å². The number of para-hydroxylation sites is 1. The van der Waals surface area contributed by atoms with Gasteiger partial charge in [0.25, 0.3) is 11.7 Å². The van der Waals surface area contributed by atoms with Crippen LogP contribution in [0.3, 0.4) is 0 Å². The molecule has 1 atom stereocenters. The third-order valence-electron chi connectivity index (χ3n) is 5.50. The van der Waals surface area contributed by atoms with Crippen LogP contribution in [0, 0.1) is 6.92 Å². The van der Waals surface area contributed by atoms with Gasteiger partial charge in [-0.1, -0.05) is 29.8 Å². The number of carbonyl (C=O) groups is 2. The number of carbonyl (C=O) groups excluding carboxylic acids is 2. The summed E-state index contributed by atoms with van der Waals surface area (Å²) >= 11 is 0. The number of aliphatic hydroxyl groups excluding tert-OH is 1. The lowest BCUT2D eigenvalue weighted by Gasteiger charge is -2.24. The lowest BCUT2D eigenvalue weighted by Crippen LogP contribution is -2.29. The molecule has 164 valence electrons. The maximum absolute atomic E-state index is 13.1. The van der Waals surface area contributed by atoms with Crippen molar-refractivity contribution in [1.29, 1.82) is 0 Å². The number of likely N-dealkylation sites (tertiary alicyclic amines) is 1. The smallest absolute Gasteiger partial charge is 0.296 e. The highest BCUT2D eigenvalue weighted by Gasteiger charge is 2.47. The molecule has 1 N–H and O–H groups in total. The zero-order valence-corrected chi connectivity index (χ0v) is 18.0. The standard InChI is InChI=1S/C25H23NO6/c1-15-10-11-19(31-3)17(13-15)23(27)21-22(20-9-6-12-32-20)26(25(29)24(21)28)14-16-7-4-5-8-18(16)30-2/h4-13,22,27H,14H2,1-3H3/b23-21-. The zero-order chi connectivity index (χ0) is 22.8. The Morgan fingerprint density at radius 1 is 1.03 bits per heavy atom. The Bertz CT molecular complexity index is 1190. The van der Waals surface area contributed by atoms with E-state index in [0.717, 1.165) is 11.1 Å². The number of methoxy groups -OCH3 is 2. The predicted octanol–water partition coefficient (Wildman–Crippen LogP) is 4.23. The van der Waals surface area contributed by atoms with Crippen molar-refractivity contribution in [2.45, 2.75) is 19.5 Å². The number of ether oxygens (including phenoxy) is 2. The fourth-order valence-corrected chi connectivity index (χ4v) is 3.95. The van der Waals surface area contributed by atoms with Gasteiger partial charge < -0.3 is 23.9 Å². The van der Waals surface area contributed by atoms with Gasteiger partial charge >= 0.3 is 0 Å². The average Bonchev–Trinajstić information content (AvgIpc) is 3.42. The number of hydrogen-bond acceptors (Lipinski definition) is 6. The fraction of sp³-hybridized carbons (Fsp3) is 0.200. The van der Waals surface area contributed by atoms with Crippen LogP contribution < -0.4 is 9.47 Å². The van der Waals surface area contributed by atoms with Crippen molar-refractivity contribution < 1.29 is 28.6 Å².